The number of sulfonamides is 1. The number of hydrogen-bond acceptors (Lipinski definition) is 5. The van der Waals surface area contributed by atoms with Crippen LogP contribution in [0.5, 0.6) is 0 Å². The van der Waals surface area contributed by atoms with E-state index >= 15 is 0 Å². The van der Waals surface area contributed by atoms with E-state index in [1.807, 2.05) is 6.92 Å². The number of hydrogen-bond donors (Lipinski definition) is 2. The second-order valence-corrected chi connectivity index (χ2v) is 6.28. The molecule has 18 heavy (non-hydrogen) atoms. The smallest absolute Gasteiger partial charge is 0.283 e. The standard InChI is InChI=1S/C9H15BrN4O3S/c1-3-14-9(15)8(10)7(6-13-14)12-4-5-18(16,17)11-2/h6,11-12H,3-5H2,1-2H3. The Kier molecular flexibility index (Phi) is 5.29. The Hall–Kier alpha value is -0.930. The molecule has 0 saturated carbocycles. The highest BCUT2D eigenvalue weighted by Gasteiger charge is 2.10. The summed E-state index contributed by atoms with van der Waals surface area (Å²) in [5, 5.41) is 6.79. The van der Waals surface area contributed by atoms with Crippen LogP contribution < -0.4 is 15.6 Å². The molecule has 0 aliphatic heterocycles. The zero-order chi connectivity index (χ0) is 13.8. The molecule has 1 aromatic rings. The van der Waals surface area contributed by atoms with Crippen LogP contribution in [0.2, 0.25) is 0 Å². The lowest BCUT2D eigenvalue weighted by molar-refractivity contribution is 0.588. The normalized spacial score (nSPS) is 11.5. The third-order valence-corrected chi connectivity index (χ3v) is 4.41. The molecule has 0 spiro atoms. The molecule has 1 heterocycles. The van der Waals surface area contributed by atoms with Gasteiger partial charge in [0.05, 0.1) is 17.6 Å². The van der Waals surface area contributed by atoms with Gasteiger partial charge in [0.1, 0.15) is 4.47 Å². The largest absolute Gasteiger partial charge is 0.382 e. The van der Waals surface area contributed by atoms with Gasteiger partial charge < -0.3 is 5.32 Å². The third kappa shape index (κ3) is 3.79. The van der Waals surface area contributed by atoms with Gasteiger partial charge in [-0.15, -0.1) is 0 Å². The molecule has 1 rings (SSSR count). The van der Waals surface area contributed by atoms with Crippen LogP contribution in [0.4, 0.5) is 5.69 Å². The van der Waals surface area contributed by atoms with Crippen molar-refractivity contribution in [1.29, 1.82) is 0 Å². The van der Waals surface area contributed by atoms with E-state index in [-0.39, 0.29) is 17.9 Å². The van der Waals surface area contributed by atoms with Gasteiger partial charge in [0.25, 0.3) is 5.56 Å². The van der Waals surface area contributed by atoms with Gasteiger partial charge in [0.2, 0.25) is 10.0 Å². The average molecular weight is 339 g/mol. The van der Waals surface area contributed by atoms with Gasteiger partial charge in [-0.25, -0.2) is 17.8 Å². The SMILES string of the molecule is CCn1ncc(NCCS(=O)(=O)NC)c(Br)c1=O. The Balaban J connectivity index is 2.76. The number of aromatic nitrogens is 2. The van der Waals surface area contributed by atoms with Crippen molar-refractivity contribution in [2.45, 2.75) is 13.5 Å². The molecule has 9 heteroatoms. The fourth-order valence-electron chi connectivity index (χ4n) is 1.24. The Labute approximate surface area is 114 Å². The summed E-state index contributed by atoms with van der Waals surface area (Å²) in [6, 6.07) is 0. The fourth-order valence-corrected chi connectivity index (χ4v) is 2.26. The highest BCUT2D eigenvalue weighted by molar-refractivity contribution is 9.10. The molecule has 102 valence electrons. The molecule has 0 unspecified atom stereocenters. The van der Waals surface area contributed by atoms with Crippen molar-refractivity contribution in [2.24, 2.45) is 0 Å². The van der Waals surface area contributed by atoms with Crippen molar-refractivity contribution < 1.29 is 8.42 Å². The molecule has 0 radical (unpaired) electrons. The summed E-state index contributed by atoms with van der Waals surface area (Å²) in [7, 11) is -1.90. The van der Waals surface area contributed by atoms with E-state index in [1.54, 1.807) is 0 Å². The molecule has 7 nitrogen and oxygen atoms in total. The van der Waals surface area contributed by atoms with E-state index in [2.05, 4.69) is 31.1 Å². The summed E-state index contributed by atoms with van der Waals surface area (Å²) < 4.78 is 26.3. The van der Waals surface area contributed by atoms with Gasteiger partial charge in [0.15, 0.2) is 0 Å². The maximum absolute atomic E-state index is 11.7. The minimum atomic E-state index is -3.26. The zero-order valence-corrected chi connectivity index (χ0v) is 12.5. The molecule has 0 aromatic carbocycles. The van der Waals surface area contributed by atoms with Crippen LogP contribution in [0, 0.1) is 0 Å². The van der Waals surface area contributed by atoms with E-state index < -0.39 is 10.0 Å². The van der Waals surface area contributed by atoms with E-state index in [0.29, 0.717) is 16.7 Å². The first-order valence-electron chi connectivity index (χ1n) is 5.32. The van der Waals surface area contributed by atoms with Gasteiger partial charge in [-0.3, -0.25) is 4.79 Å². The molecule has 0 aliphatic rings. The summed E-state index contributed by atoms with van der Waals surface area (Å²) in [6.07, 6.45) is 1.49. The first-order chi connectivity index (χ1) is 8.41. The number of anilines is 1. The summed E-state index contributed by atoms with van der Waals surface area (Å²) in [4.78, 5) is 11.7. The van der Waals surface area contributed by atoms with Crippen molar-refractivity contribution in [3.8, 4) is 0 Å². The molecule has 0 amide bonds. The number of rotatable bonds is 6. The lowest BCUT2D eigenvalue weighted by Crippen LogP contribution is -2.27. The lowest BCUT2D eigenvalue weighted by atomic mass is 10.4. The predicted molar refractivity (Wildman–Crippen MR) is 73.2 cm³/mol. The molecule has 0 aliphatic carbocycles. The van der Waals surface area contributed by atoms with Gasteiger partial charge in [-0.2, -0.15) is 5.10 Å². The van der Waals surface area contributed by atoms with Gasteiger partial charge in [-0.1, -0.05) is 0 Å². The predicted octanol–water partition coefficient (Wildman–Crippen LogP) is -0.0132. The number of nitrogens with zero attached hydrogens (tertiary/aromatic N) is 2. The van der Waals surface area contributed by atoms with Crippen molar-refractivity contribution in [1.82, 2.24) is 14.5 Å². The first kappa shape index (κ1) is 15.1. The maximum atomic E-state index is 11.7. The minimum absolute atomic E-state index is 0.0766. The Morgan fingerprint density at radius 2 is 2.17 bits per heavy atom. The number of nitrogens with one attached hydrogen (secondary N) is 2. The first-order valence-corrected chi connectivity index (χ1v) is 7.76. The maximum Gasteiger partial charge on any atom is 0.283 e. The Morgan fingerprint density at radius 1 is 1.50 bits per heavy atom. The van der Waals surface area contributed by atoms with Gasteiger partial charge >= 0.3 is 0 Å². The van der Waals surface area contributed by atoms with Crippen molar-refractivity contribution in [3.63, 3.8) is 0 Å². The molecule has 0 atom stereocenters. The molecule has 0 saturated heterocycles. The van der Waals surface area contributed by atoms with Crippen molar-refractivity contribution in [2.75, 3.05) is 24.7 Å². The molecule has 0 bridgehead atoms. The Morgan fingerprint density at radius 3 is 2.72 bits per heavy atom. The molecular weight excluding hydrogens is 324 g/mol. The summed E-state index contributed by atoms with van der Waals surface area (Å²) >= 11 is 3.17. The van der Waals surface area contributed by atoms with Crippen molar-refractivity contribution in [3.05, 3.63) is 21.0 Å². The summed E-state index contributed by atoms with van der Waals surface area (Å²) in [5.41, 5.74) is 0.231. The van der Waals surface area contributed by atoms with E-state index in [1.165, 1.54) is 17.9 Å². The fraction of sp³-hybridized carbons (Fsp3) is 0.556. The third-order valence-electron chi connectivity index (χ3n) is 2.28. The second kappa shape index (κ2) is 6.30. The van der Waals surface area contributed by atoms with Gasteiger partial charge in [0, 0.05) is 13.1 Å². The zero-order valence-electron chi connectivity index (χ0n) is 10.1. The summed E-state index contributed by atoms with van der Waals surface area (Å²) in [6.45, 7) is 2.48. The van der Waals surface area contributed by atoms with Crippen LogP contribution in [0.15, 0.2) is 15.5 Å². The van der Waals surface area contributed by atoms with Crippen LogP contribution in [0.25, 0.3) is 0 Å². The van der Waals surface area contributed by atoms with Crippen molar-refractivity contribution >= 4 is 31.6 Å². The Bertz CT molecular complexity index is 570. The summed E-state index contributed by atoms with van der Waals surface area (Å²) in [5.74, 6) is -0.0766. The van der Waals surface area contributed by atoms with Crippen LogP contribution in [0.1, 0.15) is 6.92 Å². The van der Waals surface area contributed by atoms with Crippen LogP contribution >= 0.6 is 15.9 Å². The van der Waals surface area contributed by atoms with Gasteiger partial charge in [-0.05, 0) is 29.9 Å². The number of aryl methyl sites for hydroxylation is 1. The number of halogens is 1. The van der Waals surface area contributed by atoms with Crippen LogP contribution in [-0.4, -0.2) is 37.5 Å². The quantitative estimate of drug-likeness (QED) is 0.760. The second-order valence-electron chi connectivity index (χ2n) is 3.44. The molecule has 1 aromatic heterocycles. The highest BCUT2D eigenvalue weighted by atomic mass is 79.9. The molecule has 2 N–H and O–H groups in total. The average Bonchev–Trinajstić information content (AvgIpc) is 2.35. The van der Waals surface area contributed by atoms with Crippen LogP contribution in [0.3, 0.4) is 0 Å². The van der Waals surface area contributed by atoms with E-state index in [0.717, 1.165) is 0 Å². The lowest BCUT2D eigenvalue weighted by Gasteiger charge is -2.09. The minimum Gasteiger partial charge on any atom is -0.382 e. The molecular formula is C9H15BrN4O3S. The highest BCUT2D eigenvalue weighted by Crippen LogP contribution is 2.15. The van der Waals surface area contributed by atoms with E-state index in [9.17, 15) is 13.2 Å². The van der Waals surface area contributed by atoms with E-state index in [4.69, 9.17) is 0 Å². The monoisotopic (exact) mass is 338 g/mol. The van der Waals surface area contributed by atoms with Crippen LogP contribution in [-0.2, 0) is 16.6 Å². The topological polar surface area (TPSA) is 93.1 Å². The molecule has 0 fully saturated rings.